The highest BCUT2D eigenvalue weighted by Gasteiger charge is 2.53. The fraction of sp³-hybridized carbons (Fsp3) is 0.643. The summed E-state index contributed by atoms with van der Waals surface area (Å²) in [6.45, 7) is 7.59. The number of carbonyl (C=O) groups excluding carboxylic acids is 3. The Morgan fingerprint density at radius 3 is 1.46 bits per heavy atom. The summed E-state index contributed by atoms with van der Waals surface area (Å²) in [5, 5.41) is 9.11. The first-order chi connectivity index (χ1) is 23.1. The van der Waals surface area contributed by atoms with Crippen LogP contribution in [0.5, 0.6) is 0 Å². The molecule has 1 aromatic rings. The van der Waals surface area contributed by atoms with Crippen molar-refractivity contribution in [2.24, 2.45) is 0 Å². The van der Waals surface area contributed by atoms with Crippen LogP contribution in [0.3, 0.4) is 0 Å². The van der Waals surface area contributed by atoms with E-state index < -0.39 is 46.3 Å². The number of hydrogen-bond donors (Lipinski definition) is 1. The second-order valence-electron chi connectivity index (χ2n) is 11.3. The average molecular weight is 923 g/mol. The van der Waals surface area contributed by atoms with Gasteiger partial charge >= 0.3 is 23.9 Å². The molecular formula is C28H42O10S12. The van der Waals surface area contributed by atoms with Gasteiger partial charge in [-0.25, -0.2) is 9.59 Å². The van der Waals surface area contributed by atoms with Crippen molar-refractivity contribution in [1.29, 1.82) is 0 Å². The number of hydrogen-bond acceptors (Lipinski definition) is 11. The van der Waals surface area contributed by atoms with E-state index in [4.69, 9.17) is 24.1 Å². The van der Waals surface area contributed by atoms with E-state index in [0.717, 1.165) is 5.56 Å². The van der Waals surface area contributed by atoms with Gasteiger partial charge in [0.25, 0.3) is 0 Å². The smallest absolute Gasteiger partial charge is 0.339 e. The normalized spacial score (nSPS) is 20.4. The largest absolute Gasteiger partial charge is 0.479 e. The van der Waals surface area contributed by atoms with Gasteiger partial charge in [-0.2, -0.15) is 0 Å². The molecule has 0 saturated carbocycles. The third kappa shape index (κ3) is 19.1. The Bertz CT molecular complexity index is 1710. The summed E-state index contributed by atoms with van der Waals surface area (Å²) < 4.78 is 25.9. The lowest BCUT2D eigenvalue weighted by Crippen LogP contribution is -2.44. The number of ether oxygens (including phenoxy) is 5. The molecule has 0 aromatic heterocycles. The van der Waals surface area contributed by atoms with E-state index in [2.05, 4.69) is 27.1 Å². The fourth-order valence-electron chi connectivity index (χ4n) is 4.51. The summed E-state index contributed by atoms with van der Waals surface area (Å²) in [5.74, 6) is -2.64. The van der Waals surface area contributed by atoms with Gasteiger partial charge in [-0.15, -0.1) is 0 Å². The number of aliphatic carboxylic acids is 1. The summed E-state index contributed by atoms with van der Waals surface area (Å²) in [5.41, 5.74) is -2.71. The van der Waals surface area contributed by atoms with Crippen molar-refractivity contribution < 1.29 is 48.0 Å². The minimum atomic E-state index is -1.41. The molecule has 0 spiro atoms. The molecule has 2 aliphatic heterocycles. The second kappa shape index (κ2) is 25.6. The Morgan fingerprint density at radius 2 is 1.10 bits per heavy atom. The molecule has 2 heterocycles. The SMILES string of the molecule is C.COC(=O)C[C@@]1(C(=O)O)CCC(C)(C)O1.COC(=O)C[C@@]1(C(=O)OCc2ccccc2)CCC(C)(C)O1.S=S=S=S=S=S=S=S=S=S=S=S. The van der Waals surface area contributed by atoms with Gasteiger partial charge in [-0.3, -0.25) is 9.59 Å². The predicted molar refractivity (Wildman–Crippen MR) is 227 cm³/mol. The number of benzene rings is 1. The highest BCUT2D eigenvalue weighted by atomic mass is 33.4. The van der Waals surface area contributed by atoms with Crippen LogP contribution in [0.1, 0.15) is 79.2 Å². The molecular weight excluding hydrogens is 881 g/mol. The minimum Gasteiger partial charge on any atom is -0.479 e. The first-order valence-corrected chi connectivity index (χ1v) is 28.7. The first-order valence-electron chi connectivity index (χ1n) is 14.0. The van der Waals surface area contributed by atoms with Crippen molar-refractivity contribution in [1.82, 2.24) is 0 Å². The van der Waals surface area contributed by atoms with Crippen LogP contribution < -0.4 is 0 Å². The fourth-order valence-corrected chi connectivity index (χ4v) is 26.5. The monoisotopic (exact) mass is 922 g/mol. The minimum absolute atomic E-state index is 0. The Kier molecular flexibility index (Phi) is 25.5. The molecule has 286 valence electrons. The summed E-state index contributed by atoms with van der Waals surface area (Å²) >= 11 is 9.38. The molecule has 1 N–H and O–H groups in total. The molecule has 10 nitrogen and oxygen atoms in total. The van der Waals surface area contributed by atoms with E-state index in [-0.39, 0.29) is 26.9 Å². The van der Waals surface area contributed by atoms with Crippen molar-refractivity contribution in [3.8, 4) is 0 Å². The molecule has 0 radical (unpaired) electrons. The molecule has 0 amide bonds. The first kappa shape index (κ1) is 49.7. The number of esters is 3. The maximum absolute atomic E-state index is 12.5. The van der Waals surface area contributed by atoms with Crippen LogP contribution in [0.2, 0.25) is 0 Å². The quantitative estimate of drug-likeness (QED) is 0.296. The van der Waals surface area contributed by atoms with Crippen LogP contribution in [0, 0.1) is 0 Å². The Morgan fingerprint density at radius 1 is 0.700 bits per heavy atom. The lowest BCUT2D eigenvalue weighted by molar-refractivity contribution is -0.184. The molecule has 1 aromatic carbocycles. The number of methoxy groups -OCH3 is 2. The zero-order valence-electron chi connectivity index (χ0n) is 27.4. The Balaban J connectivity index is 0.000000754. The second-order valence-corrected chi connectivity index (χ2v) is 29.0. The topological polar surface area (TPSA) is 135 Å². The molecule has 2 saturated heterocycles. The molecule has 3 rings (SSSR count). The lowest BCUT2D eigenvalue weighted by Gasteiger charge is -2.28. The molecule has 0 bridgehead atoms. The van der Waals surface area contributed by atoms with E-state index >= 15 is 0 Å². The number of rotatable bonds is 8. The number of carbonyl (C=O) groups is 4. The molecule has 2 atom stereocenters. The van der Waals surface area contributed by atoms with E-state index in [0.29, 0.717) is 25.7 Å². The van der Waals surface area contributed by atoms with E-state index in [9.17, 15) is 19.2 Å². The zero-order chi connectivity index (χ0) is 37.0. The van der Waals surface area contributed by atoms with Gasteiger partial charge in [-0.05, 0) is 58.9 Å². The summed E-state index contributed by atoms with van der Waals surface area (Å²) in [6.07, 6.45) is 1.73. The lowest BCUT2D eigenvalue weighted by atomic mass is 9.94. The van der Waals surface area contributed by atoms with Gasteiger partial charge < -0.3 is 28.8 Å². The molecule has 2 fully saturated rings. The predicted octanol–water partition coefficient (Wildman–Crippen LogP) is 4.19. The highest BCUT2D eigenvalue weighted by Crippen LogP contribution is 2.41. The molecule has 2 aliphatic rings. The van der Waals surface area contributed by atoms with E-state index in [1.165, 1.54) is 32.0 Å². The Labute approximate surface area is 332 Å². The maximum Gasteiger partial charge on any atom is 0.339 e. The van der Waals surface area contributed by atoms with Crippen molar-refractivity contribution >= 4 is 135 Å². The van der Waals surface area contributed by atoms with Crippen LogP contribution in [-0.2, 0) is 161 Å². The van der Waals surface area contributed by atoms with Gasteiger partial charge in [-0.1, -0.05) is 37.8 Å². The van der Waals surface area contributed by atoms with E-state index in [1.54, 1.807) is 71.0 Å². The maximum atomic E-state index is 12.5. The van der Waals surface area contributed by atoms with Gasteiger partial charge in [0, 0.05) is 111 Å². The van der Waals surface area contributed by atoms with Gasteiger partial charge in [0.1, 0.15) is 6.61 Å². The van der Waals surface area contributed by atoms with Crippen LogP contribution >= 0.6 is 0 Å². The van der Waals surface area contributed by atoms with Crippen LogP contribution in [0.25, 0.3) is 0 Å². The highest BCUT2D eigenvalue weighted by molar-refractivity contribution is 8.75. The van der Waals surface area contributed by atoms with Crippen molar-refractivity contribution in [3.05, 3.63) is 35.9 Å². The van der Waals surface area contributed by atoms with Gasteiger partial charge in [0.05, 0.1) is 38.3 Å². The number of carboxylic acids is 1. The van der Waals surface area contributed by atoms with Crippen LogP contribution in [-0.4, -0.2) is 65.6 Å². The molecule has 50 heavy (non-hydrogen) atoms. The molecule has 0 aliphatic carbocycles. The van der Waals surface area contributed by atoms with Crippen LogP contribution in [0.15, 0.2) is 30.3 Å². The summed E-state index contributed by atoms with van der Waals surface area (Å²) in [4.78, 5) is 46.4. The Hall–Kier alpha value is -0.340. The van der Waals surface area contributed by atoms with Crippen molar-refractivity contribution in [2.45, 2.75) is 103 Å². The summed E-state index contributed by atoms with van der Waals surface area (Å²) in [7, 11) is 18.8. The van der Waals surface area contributed by atoms with Gasteiger partial charge in [0.2, 0.25) is 0 Å². The average Bonchev–Trinajstić information content (AvgIpc) is 3.56. The third-order valence-electron chi connectivity index (χ3n) is 6.74. The standard InChI is InChI=1S/C17H22O5.C10H16O5.CH4.S12/c1-16(2)9-10-17(22-16,11-14(18)20-3)15(19)21-12-13-7-5-4-6-8-13;1-9(2)4-5-10(15-9,8(12)13)6-7(11)14-3;;1-3-5-7-9-11-12-10-8-6-4-2/h4-8H,9-12H2,1-3H3;4-6H2,1-3H3,(H,12,13);1H4;/t17-;10-;;/m11../s1. The van der Waals surface area contributed by atoms with Gasteiger partial charge in [0.15, 0.2) is 11.2 Å². The molecule has 22 heteroatoms. The molecule has 0 unspecified atom stereocenters. The third-order valence-corrected chi connectivity index (χ3v) is 26.7. The van der Waals surface area contributed by atoms with Crippen molar-refractivity contribution in [2.75, 3.05) is 14.2 Å². The number of carboxylic acid groups (broad SMARTS) is 1. The van der Waals surface area contributed by atoms with Crippen LogP contribution in [0.4, 0.5) is 0 Å². The summed E-state index contributed by atoms with van der Waals surface area (Å²) in [6, 6.07) is 9.40. The van der Waals surface area contributed by atoms with Crippen molar-refractivity contribution in [3.63, 3.8) is 0 Å². The van der Waals surface area contributed by atoms with E-state index in [1.807, 2.05) is 58.0 Å². The zero-order valence-corrected chi connectivity index (χ0v) is 37.2.